The molecule has 0 radical (unpaired) electrons. The molecule has 0 bridgehead atoms. The monoisotopic (exact) mass is 628 g/mol. The molecule has 0 nitrogen and oxygen atoms in total. The molecule has 3 aliphatic carbocycles. The number of hydrogen-bond acceptors (Lipinski definition) is 0. The van der Waals surface area contributed by atoms with Crippen molar-refractivity contribution in [3.63, 3.8) is 0 Å². The highest BCUT2D eigenvalue weighted by Gasteiger charge is 2.75. The van der Waals surface area contributed by atoms with Crippen LogP contribution in [0.25, 0.3) is 0 Å². The van der Waals surface area contributed by atoms with Crippen LogP contribution in [0.3, 0.4) is 0 Å². The summed E-state index contributed by atoms with van der Waals surface area (Å²) in [6.07, 6.45) is 4.82. The fraction of sp³-hybridized carbons (Fsp3) is 0.182. The molecule has 0 unspecified atom stereocenters. The predicted octanol–water partition coefficient (Wildman–Crippen LogP) is 8.92. The third-order valence-corrected chi connectivity index (χ3v) is 16.7. The van der Waals surface area contributed by atoms with Gasteiger partial charge in [-0.25, -0.2) is 0 Å². The Morgan fingerprint density at radius 2 is 0.652 bits per heavy atom. The van der Waals surface area contributed by atoms with Gasteiger partial charge in [0.1, 0.15) is 0 Å². The zero-order valence-electron chi connectivity index (χ0n) is 26.0. The summed E-state index contributed by atoms with van der Waals surface area (Å²) in [5, 5.41) is 6.03. The smallest absolute Gasteiger partial charge is 0.00203 e. The summed E-state index contributed by atoms with van der Waals surface area (Å²) < 4.78 is 0. The minimum absolute atomic E-state index is 0.196. The Kier molecular flexibility index (Phi) is 7.07. The van der Waals surface area contributed by atoms with Crippen LogP contribution >= 0.6 is 15.8 Å². The molecule has 46 heavy (non-hydrogen) atoms. The second-order valence-corrected chi connectivity index (χ2v) is 18.0. The molecule has 0 saturated heterocycles. The average Bonchev–Trinajstić information content (AvgIpc) is 3.59. The van der Waals surface area contributed by atoms with E-state index >= 15 is 0 Å². The average molecular weight is 629 g/mol. The Morgan fingerprint density at radius 3 is 0.978 bits per heavy atom. The highest BCUT2D eigenvalue weighted by Crippen LogP contribution is 2.83. The van der Waals surface area contributed by atoms with Gasteiger partial charge in [0, 0.05) is 0 Å². The SMILES string of the molecule is c1ccc(P(CC23Cc4ccccc4C2C2(CP(c4ccccc4)c4ccccc4)Cc4ccccc4C32)c2ccccc2)cc1. The summed E-state index contributed by atoms with van der Waals surface area (Å²) in [6, 6.07) is 64.9. The standard InChI is InChI=1S/C44H38P2/c1-5-19-35(20-6-1)45(36-21-7-2-8-22-36)31-43-29-33-17-13-15-27-39(33)41(43)44(30-34-18-14-16-28-40(34)42(43)44)32-46(37-23-9-3-10-24-37)38-25-11-4-12-26-38/h1-28,41-42H,29-32H2. The van der Waals surface area contributed by atoms with E-state index in [1.54, 1.807) is 22.3 Å². The van der Waals surface area contributed by atoms with Gasteiger partial charge in [-0.1, -0.05) is 170 Å². The van der Waals surface area contributed by atoms with E-state index in [0.29, 0.717) is 11.8 Å². The van der Waals surface area contributed by atoms with Gasteiger partial charge < -0.3 is 0 Å². The maximum atomic E-state index is 2.50. The van der Waals surface area contributed by atoms with Crippen molar-refractivity contribution in [1.29, 1.82) is 0 Å². The molecule has 0 spiro atoms. The third kappa shape index (κ3) is 4.42. The van der Waals surface area contributed by atoms with Crippen molar-refractivity contribution < 1.29 is 0 Å². The van der Waals surface area contributed by atoms with Crippen molar-refractivity contribution in [2.24, 2.45) is 10.8 Å². The van der Waals surface area contributed by atoms with E-state index in [1.807, 2.05) is 0 Å². The Hall–Kier alpha value is -3.82. The van der Waals surface area contributed by atoms with E-state index in [-0.39, 0.29) is 10.8 Å². The molecular formula is C44H38P2. The molecule has 0 aliphatic heterocycles. The van der Waals surface area contributed by atoms with Crippen molar-refractivity contribution in [2.45, 2.75) is 24.7 Å². The molecule has 6 aromatic rings. The van der Waals surface area contributed by atoms with Gasteiger partial charge in [-0.15, -0.1) is 0 Å². The number of hydrogen-bond donors (Lipinski definition) is 0. The van der Waals surface area contributed by atoms with Crippen molar-refractivity contribution in [3.8, 4) is 0 Å². The first kappa shape index (κ1) is 28.4. The Labute approximate surface area is 276 Å². The molecule has 0 amide bonds. The molecule has 0 N–H and O–H groups in total. The van der Waals surface area contributed by atoms with Crippen LogP contribution in [-0.4, -0.2) is 12.3 Å². The summed E-state index contributed by atoms with van der Waals surface area (Å²) in [5.74, 6) is 1.09. The van der Waals surface area contributed by atoms with Crippen LogP contribution in [0.15, 0.2) is 170 Å². The number of fused-ring (bicyclic) bond motifs is 8. The third-order valence-electron chi connectivity index (χ3n) is 11.2. The van der Waals surface area contributed by atoms with Crippen LogP contribution in [0.5, 0.6) is 0 Å². The zero-order chi connectivity index (χ0) is 30.6. The van der Waals surface area contributed by atoms with Gasteiger partial charge in [0.15, 0.2) is 0 Å². The van der Waals surface area contributed by atoms with Crippen LogP contribution in [0, 0.1) is 10.8 Å². The summed E-state index contributed by atoms with van der Waals surface area (Å²) in [4.78, 5) is 0. The molecule has 2 heteroatoms. The van der Waals surface area contributed by atoms with Crippen molar-refractivity contribution in [3.05, 3.63) is 192 Å². The van der Waals surface area contributed by atoms with E-state index in [1.165, 1.54) is 46.4 Å². The van der Waals surface area contributed by atoms with E-state index in [9.17, 15) is 0 Å². The largest absolute Gasteiger partial charge is 0.0622 e. The predicted molar refractivity (Wildman–Crippen MR) is 199 cm³/mol. The highest BCUT2D eigenvalue weighted by molar-refractivity contribution is 7.73. The van der Waals surface area contributed by atoms with E-state index in [2.05, 4.69) is 170 Å². The van der Waals surface area contributed by atoms with E-state index in [0.717, 1.165) is 0 Å². The van der Waals surface area contributed by atoms with E-state index < -0.39 is 15.8 Å². The maximum absolute atomic E-state index is 2.50. The van der Waals surface area contributed by atoms with Crippen LogP contribution < -0.4 is 21.2 Å². The number of benzene rings is 6. The molecular weight excluding hydrogens is 590 g/mol. The lowest BCUT2D eigenvalue weighted by Gasteiger charge is -2.66. The topological polar surface area (TPSA) is 0 Å². The van der Waals surface area contributed by atoms with Crippen LogP contribution in [-0.2, 0) is 12.8 Å². The molecule has 0 atom stereocenters. The summed E-state index contributed by atoms with van der Waals surface area (Å²) in [6.45, 7) is 0. The maximum Gasteiger partial charge on any atom is -0.00203 e. The van der Waals surface area contributed by atoms with Crippen LogP contribution in [0.4, 0.5) is 0 Å². The first-order valence-electron chi connectivity index (χ1n) is 16.7. The minimum atomic E-state index is -0.526. The molecule has 9 rings (SSSR count). The molecule has 6 aromatic carbocycles. The van der Waals surface area contributed by atoms with Gasteiger partial charge in [0.25, 0.3) is 0 Å². The fourth-order valence-electron chi connectivity index (χ4n) is 9.85. The van der Waals surface area contributed by atoms with Crippen LogP contribution in [0.2, 0.25) is 0 Å². The van der Waals surface area contributed by atoms with Crippen molar-refractivity contribution in [2.75, 3.05) is 12.3 Å². The Bertz CT molecular complexity index is 1740. The summed E-state index contributed by atoms with van der Waals surface area (Å²) >= 11 is 0. The lowest BCUT2D eigenvalue weighted by molar-refractivity contribution is -0.0556. The van der Waals surface area contributed by atoms with Crippen molar-refractivity contribution >= 4 is 37.1 Å². The Morgan fingerprint density at radius 1 is 0.370 bits per heavy atom. The van der Waals surface area contributed by atoms with Gasteiger partial charge in [-0.3, -0.25) is 0 Å². The molecule has 3 aliphatic rings. The molecule has 0 heterocycles. The van der Waals surface area contributed by atoms with Gasteiger partial charge in [-0.05, 0) is 107 Å². The lowest BCUT2D eigenvalue weighted by atomic mass is 9.40. The van der Waals surface area contributed by atoms with Crippen molar-refractivity contribution in [1.82, 2.24) is 0 Å². The Balaban J connectivity index is 1.24. The van der Waals surface area contributed by atoms with E-state index in [4.69, 9.17) is 0 Å². The first-order valence-corrected chi connectivity index (χ1v) is 19.7. The zero-order valence-corrected chi connectivity index (χ0v) is 27.8. The van der Waals surface area contributed by atoms with Gasteiger partial charge in [0.05, 0.1) is 0 Å². The minimum Gasteiger partial charge on any atom is -0.0622 e. The summed E-state index contributed by atoms with van der Waals surface area (Å²) in [5.41, 5.74) is 6.86. The second kappa shape index (κ2) is 11.5. The fourth-order valence-corrected chi connectivity index (χ4v) is 15.4. The van der Waals surface area contributed by atoms with Gasteiger partial charge >= 0.3 is 0 Å². The normalized spacial score (nSPS) is 23.8. The second-order valence-electron chi connectivity index (χ2n) is 13.6. The quantitative estimate of drug-likeness (QED) is 0.148. The van der Waals surface area contributed by atoms with Crippen LogP contribution in [0.1, 0.15) is 34.1 Å². The lowest BCUT2D eigenvalue weighted by Crippen LogP contribution is -2.62. The summed E-state index contributed by atoms with van der Waals surface area (Å²) in [7, 11) is -1.05. The molecule has 1 saturated carbocycles. The highest BCUT2D eigenvalue weighted by atomic mass is 31.1. The van der Waals surface area contributed by atoms with Gasteiger partial charge in [-0.2, -0.15) is 0 Å². The molecule has 0 aromatic heterocycles. The molecule has 224 valence electrons. The number of rotatable bonds is 8. The van der Waals surface area contributed by atoms with Gasteiger partial charge in [0.2, 0.25) is 0 Å². The first-order chi connectivity index (χ1) is 22.8. The molecule has 1 fully saturated rings.